The molecule has 0 bridgehead atoms. The van der Waals surface area contributed by atoms with Crippen LogP contribution in [0.15, 0.2) is 34.7 Å². The summed E-state index contributed by atoms with van der Waals surface area (Å²) in [6.07, 6.45) is 8.40. The first-order chi connectivity index (χ1) is 14.1. The van der Waals surface area contributed by atoms with Crippen molar-refractivity contribution in [1.82, 2.24) is 14.5 Å². The number of pyridine rings is 1. The Bertz CT molecular complexity index is 1060. The highest BCUT2D eigenvalue weighted by molar-refractivity contribution is 7.16. The molecule has 3 aromatic rings. The first-order valence-electron chi connectivity index (χ1n) is 9.28. The molecule has 8 nitrogen and oxygen atoms in total. The van der Waals surface area contributed by atoms with E-state index in [4.69, 9.17) is 0 Å². The largest absolute Gasteiger partial charge is 0.305 e. The predicted molar refractivity (Wildman–Crippen MR) is 113 cm³/mol. The van der Waals surface area contributed by atoms with E-state index in [1.807, 2.05) is 0 Å². The van der Waals surface area contributed by atoms with E-state index >= 15 is 0 Å². The third kappa shape index (κ3) is 4.77. The topological polar surface area (TPSA) is 106 Å². The van der Waals surface area contributed by atoms with Gasteiger partial charge in [-0.25, -0.2) is 9.97 Å². The summed E-state index contributed by atoms with van der Waals surface area (Å²) in [5.41, 5.74) is 1.00. The van der Waals surface area contributed by atoms with Gasteiger partial charge in [-0.3, -0.25) is 19.7 Å². The Morgan fingerprint density at radius 2 is 1.97 bits per heavy atom. The maximum atomic E-state index is 12.6. The Morgan fingerprint density at radius 3 is 2.79 bits per heavy atom. The lowest BCUT2D eigenvalue weighted by Crippen LogP contribution is -2.28. The molecule has 0 saturated carbocycles. The van der Waals surface area contributed by atoms with E-state index in [1.54, 1.807) is 11.6 Å². The molecule has 1 aliphatic carbocycles. The van der Waals surface area contributed by atoms with Gasteiger partial charge in [0.05, 0.1) is 11.3 Å². The summed E-state index contributed by atoms with van der Waals surface area (Å²) in [6.45, 7) is -0.203. The Kier molecular flexibility index (Phi) is 5.81. The molecule has 0 fully saturated rings. The molecule has 0 unspecified atom stereocenters. The number of nitrogens with one attached hydrogen (secondary N) is 2. The Hall–Kier alpha value is -2.85. The van der Waals surface area contributed by atoms with Gasteiger partial charge in [-0.15, -0.1) is 22.7 Å². The van der Waals surface area contributed by atoms with Gasteiger partial charge < -0.3 is 9.88 Å². The number of hydrogen-bond acceptors (Lipinski definition) is 7. The second kappa shape index (κ2) is 8.66. The van der Waals surface area contributed by atoms with Crippen LogP contribution in [-0.2, 0) is 24.2 Å². The van der Waals surface area contributed by atoms with E-state index in [1.165, 1.54) is 56.9 Å². The first-order valence-corrected chi connectivity index (χ1v) is 11.0. The molecule has 3 aromatic heterocycles. The van der Waals surface area contributed by atoms with Gasteiger partial charge in [0.2, 0.25) is 5.91 Å². The zero-order valence-corrected chi connectivity index (χ0v) is 17.1. The maximum Gasteiger partial charge on any atom is 0.258 e. The fourth-order valence-electron chi connectivity index (χ4n) is 3.14. The summed E-state index contributed by atoms with van der Waals surface area (Å²) < 4.78 is 1.20. The standard InChI is InChI=1S/C19H19N5O3S2/c25-15(22-18-20-8-9-28-18)11-24-10-12(6-7-16(24)26)17(27)23-19-21-13-4-2-1-3-5-14(13)29-19/h6-10H,1-5,11H2,(H,20,22,25)(H,21,23,27). The van der Waals surface area contributed by atoms with Crippen molar-refractivity contribution in [2.45, 2.75) is 38.6 Å². The van der Waals surface area contributed by atoms with Crippen LogP contribution in [0.4, 0.5) is 10.3 Å². The zero-order valence-electron chi connectivity index (χ0n) is 15.5. The fourth-order valence-corrected chi connectivity index (χ4v) is 4.73. The van der Waals surface area contributed by atoms with E-state index in [2.05, 4.69) is 20.6 Å². The number of anilines is 2. The molecule has 29 heavy (non-hydrogen) atoms. The molecule has 0 radical (unpaired) electrons. The number of nitrogens with zero attached hydrogens (tertiary/aromatic N) is 3. The molecule has 0 spiro atoms. The summed E-state index contributed by atoms with van der Waals surface area (Å²) in [5, 5.41) is 8.21. The van der Waals surface area contributed by atoms with Gasteiger partial charge in [0.25, 0.3) is 11.5 Å². The summed E-state index contributed by atoms with van der Waals surface area (Å²) in [7, 11) is 0. The third-order valence-corrected chi connectivity index (χ3v) is 6.32. The van der Waals surface area contributed by atoms with Crippen LogP contribution < -0.4 is 16.2 Å². The molecule has 2 amide bonds. The number of hydrogen-bond donors (Lipinski definition) is 2. The number of carbonyl (C=O) groups excluding carboxylic acids is 2. The van der Waals surface area contributed by atoms with E-state index in [-0.39, 0.29) is 29.5 Å². The second-order valence-corrected chi connectivity index (χ2v) is 8.65. The molecule has 2 N–H and O–H groups in total. The highest BCUT2D eigenvalue weighted by Gasteiger charge is 2.17. The normalized spacial score (nSPS) is 13.4. The van der Waals surface area contributed by atoms with Crippen molar-refractivity contribution in [2.24, 2.45) is 0 Å². The average Bonchev–Trinajstić information content (AvgIpc) is 3.28. The lowest BCUT2D eigenvalue weighted by Gasteiger charge is -2.08. The SMILES string of the molecule is O=C(Cn1cc(C(=O)Nc2nc3c(s2)CCCCC3)ccc1=O)Nc1nccs1. The van der Waals surface area contributed by atoms with E-state index in [0.29, 0.717) is 10.3 Å². The van der Waals surface area contributed by atoms with Crippen LogP contribution in [0.3, 0.4) is 0 Å². The minimum atomic E-state index is -0.386. The third-order valence-electron chi connectivity index (χ3n) is 4.55. The minimum absolute atomic E-state index is 0.203. The summed E-state index contributed by atoms with van der Waals surface area (Å²) >= 11 is 2.80. The van der Waals surface area contributed by atoms with Crippen molar-refractivity contribution < 1.29 is 9.59 Å². The van der Waals surface area contributed by atoms with Gasteiger partial charge in [-0.1, -0.05) is 6.42 Å². The second-order valence-electron chi connectivity index (χ2n) is 6.67. The maximum absolute atomic E-state index is 12.6. The van der Waals surface area contributed by atoms with Gasteiger partial charge >= 0.3 is 0 Å². The van der Waals surface area contributed by atoms with Crippen molar-refractivity contribution >= 4 is 44.8 Å². The lowest BCUT2D eigenvalue weighted by atomic mass is 10.2. The quantitative estimate of drug-likeness (QED) is 0.607. The number of carbonyl (C=O) groups is 2. The van der Waals surface area contributed by atoms with Crippen molar-refractivity contribution in [3.8, 4) is 0 Å². The number of amides is 2. The summed E-state index contributed by atoms with van der Waals surface area (Å²) in [6, 6.07) is 2.73. The summed E-state index contributed by atoms with van der Waals surface area (Å²) in [5.74, 6) is -0.744. The van der Waals surface area contributed by atoms with E-state index in [0.717, 1.165) is 31.4 Å². The predicted octanol–water partition coefficient (Wildman–Crippen LogP) is 2.92. The molecule has 0 aromatic carbocycles. The van der Waals surface area contributed by atoms with Gasteiger partial charge in [-0.2, -0.15) is 0 Å². The fraction of sp³-hybridized carbons (Fsp3) is 0.316. The van der Waals surface area contributed by atoms with Crippen LogP contribution in [0.25, 0.3) is 0 Å². The molecule has 0 aliphatic heterocycles. The van der Waals surface area contributed by atoms with Crippen molar-refractivity contribution in [2.75, 3.05) is 10.6 Å². The molecule has 1 aliphatic rings. The van der Waals surface area contributed by atoms with Crippen LogP contribution in [0, 0.1) is 0 Å². The summed E-state index contributed by atoms with van der Waals surface area (Å²) in [4.78, 5) is 46.6. The van der Waals surface area contributed by atoms with E-state index in [9.17, 15) is 14.4 Å². The smallest absolute Gasteiger partial charge is 0.258 e. The number of aromatic nitrogens is 3. The highest BCUT2D eigenvalue weighted by atomic mass is 32.1. The van der Waals surface area contributed by atoms with Gasteiger partial charge in [0.1, 0.15) is 6.54 Å². The van der Waals surface area contributed by atoms with E-state index < -0.39 is 0 Å². The van der Waals surface area contributed by atoms with Crippen LogP contribution >= 0.6 is 22.7 Å². The van der Waals surface area contributed by atoms with Gasteiger partial charge in [-0.05, 0) is 31.7 Å². The number of thiazole rings is 2. The average molecular weight is 430 g/mol. The molecule has 150 valence electrons. The van der Waals surface area contributed by atoms with Crippen molar-refractivity contribution in [3.05, 3.63) is 56.4 Å². The van der Waals surface area contributed by atoms with Crippen molar-refractivity contribution in [3.63, 3.8) is 0 Å². The molecule has 0 saturated heterocycles. The Labute approximate surface area is 174 Å². The zero-order chi connectivity index (χ0) is 20.2. The number of aryl methyl sites for hydroxylation is 2. The van der Waals surface area contributed by atoms with Gasteiger partial charge in [0.15, 0.2) is 10.3 Å². The van der Waals surface area contributed by atoms with Crippen LogP contribution in [0.2, 0.25) is 0 Å². The Balaban J connectivity index is 1.45. The lowest BCUT2D eigenvalue weighted by molar-refractivity contribution is -0.116. The van der Waals surface area contributed by atoms with Gasteiger partial charge in [0, 0.05) is 28.7 Å². The monoisotopic (exact) mass is 429 g/mol. The van der Waals surface area contributed by atoms with Crippen LogP contribution in [0.1, 0.15) is 40.2 Å². The molecule has 4 rings (SSSR count). The van der Waals surface area contributed by atoms with Crippen molar-refractivity contribution in [1.29, 1.82) is 0 Å². The molecule has 0 atom stereocenters. The molecular formula is C19H19N5O3S2. The number of rotatable bonds is 5. The minimum Gasteiger partial charge on any atom is -0.305 e. The molecule has 3 heterocycles. The molecular weight excluding hydrogens is 410 g/mol. The van der Waals surface area contributed by atoms with Crippen LogP contribution in [-0.4, -0.2) is 26.3 Å². The Morgan fingerprint density at radius 1 is 1.10 bits per heavy atom. The molecule has 10 heteroatoms. The number of fused-ring (bicyclic) bond motifs is 1. The highest BCUT2D eigenvalue weighted by Crippen LogP contribution is 2.29. The van der Waals surface area contributed by atoms with Crippen LogP contribution in [0.5, 0.6) is 0 Å². The first kappa shape index (κ1) is 19.5.